The maximum absolute atomic E-state index is 10.1. The first kappa shape index (κ1) is 50.5. The third-order valence-electron chi connectivity index (χ3n) is 6.54. The second-order valence-corrected chi connectivity index (χ2v) is 12.8. The maximum Gasteiger partial charge on any atom is 0.178 e. The zero-order chi connectivity index (χ0) is 42.4. The summed E-state index contributed by atoms with van der Waals surface area (Å²) in [4.78, 5) is 17.8. The fourth-order valence-corrected chi connectivity index (χ4v) is 4.33. The van der Waals surface area contributed by atoms with Crippen molar-refractivity contribution in [2.75, 3.05) is 32.7 Å². The number of aromatic nitrogens is 4. The lowest BCUT2D eigenvalue weighted by atomic mass is 10.4. The van der Waals surface area contributed by atoms with Gasteiger partial charge in [0, 0.05) is 49.5 Å². The predicted octanol–water partition coefficient (Wildman–Crippen LogP) is 9.68. The molecule has 0 unspecified atom stereocenters. The first-order chi connectivity index (χ1) is 29.1. The summed E-state index contributed by atoms with van der Waals surface area (Å²) in [6.07, 6.45) is 50.1. The first-order valence-corrected chi connectivity index (χ1v) is 20.5. The molecule has 5 N–H and O–H groups in total. The third kappa shape index (κ3) is 39.5. The van der Waals surface area contributed by atoms with E-state index in [-0.39, 0.29) is 5.78 Å². The van der Waals surface area contributed by atoms with Crippen LogP contribution in [0.1, 0.15) is 32.1 Å². The van der Waals surface area contributed by atoms with E-state index >= 15 is 0 Å². The number of ketones is 1. The Hall–Kier alpha value is -6.51. The minimum Gasteiger partial charge on any atom is -0.391 e. The lowest BCUT2D eigenvalue weighted by molar-refractivity contribution is -0.110. The van der Waals surface area contributed by atoms with Crippen molar-refractivity contribution in [3.05, 3.63) is 181 Å². The molecule has 0 atom stereocenters. The highest BCUT2D eigenvalue weighted by molar-refractivity contribution is 7.81. The van der Waals surface area contributed by atoms with Gasteiger partial charge in [-0.15, -0.1) is 0 Å². The molecule has 4 aliphatic heterocycles. The van der Waals surface area contributed by atoms with Gasteiger partial charge in [0.25, 0.3) is 0 Å². The van der Waals surface area contributed by atoms with E-state index in [9.17, 15) is 4.79 Å². The summed E-state index contributed by atoms with van der Waals surface area (Å²) in [5.41, 5.74) is 4.48. The Morgan fingerprint density at radius 2 is 1.29 bits per heavy atom. The summed E-state index contributed by atoms with van der Waals surface area (Å²) in [6, 6.07) is 7.93. The van der Waals surface area contributed by atoms with Gasteiger partial charge in [-0.3, -0.25) is 9.79 Å². The molecule has 0 saturated carbocycles. The van der Waals surface area contributed by atoms with Crippen LogP contribution in [0.2, 0.25) is 0 Å². The molecule has 12 nitrogen and oxygen atoms in total. The number of thiocarbonyl (C=S) groups is 1. The van der Waals surface area contributed by atoms with Gasteiger partial charge >= 0.3 is 0 Å². The monoisotopic (exact) mass is 831 g/mol. The topological polar surface area (TPSA) is 172 Å². The zero-order valence-corrected chi connectivity index (χ0v) is 35.1. The first-order valence-electron chi connectivity index (χ1n) is 19.1. The smallest absolute Gasteiger partial charge is 0.178 e. The van der Waals surface area contributed by atoms with Gasteiger partial charge in [0.05, 0.1) is 31.2 Å². The number of aromatic amines is 2. The number of carbonyl (C=O) groups excluding carboxylic acids is 1. The number of nitrogens with one attached hydrogen (secondary N) is 5. The molecule has 8 aliphatic rings. The van der Waals surface area contributed by atoms with Crippen LogP contribution in [0.3, 0.4) is 0 Å². The molecule has 14 heteroatoms. The Labute approximate surface area is 358 Å². The van der Waals surface area contributed by atoms with Crippen molar-refractivity contribution in [2.24, 2.45) is 20.3 Å². The molecule has 310 valence electrons. The standard InChI is InChI=1S/C6H6.C5H5N.C5H4O.C5H4S.2C4H7N.C4H5N.C4H4S.2C3H6N2.C2H3N3/c1-6-4-2-3-5-6;3*6-5-3-1-2-4-5;7*1-2-4-5-3-1/h2-5H,1H2;1-4,6H;2*1-4H;3H,1-2,4H2;1,3,5H,2,4H2;1-5H;1-4H;1-3H2;2,5H,1,3H2;1-2H,(H,3,4,5). The molecule has 59 heavy (non-hydrogen) atoms. The molecule has 0 radical (unpaired) electrons. The van der Waals surface area contributed by atoms with E-state index in [2.05, 4.69) is 64.1 Å². The number of nitrogens with zero attached hydrogens (tertiary/aromatic N) is 6. The molecular weight excluding hydrogens is 775 g/mol. The average Bonchev–Trinajstić information content (AvgIpc) is 4.13. The van der Waals surface area contributed by atoms with E-state index in [1.54, 1.807) is 48.0 Å². The van der Waals surface area contributed by atoms with E-state index < -0.39 is 0 Å². The van der Waals surface area contributed by atoms with Crippen LogP contribution in [-0.2, 0) is 4.79 Å². The van der Waals surface area contributed by atoms with Gasteiger partial charge in [-0.2, -0.15) is 42.1 Å². The Balaban J connectivity index is 0.000000325. The minimum atomic E-state index is 0.0926. The Morgan fingerprint density at radius 1 is 0.678 bits per heavy atom. The number of hydrogen-bond donors (Lipinski definition) is 5. The number of rotatable bonds is 0. The van der Waals surface area contributed by atoms with Crippen molar-refractivity contribution in [3.8, 4) is 0 Å². The van der Waals surface area contributed by atoms with Crippen LogP contribution in [0, 0.1) is 5.41 Å². The van der Waals surface area contributed by atoms with Crippen LogP contribution in [-0.4, -0.2) is 81.9 Å². The minimum absolute atomic E-state index is 0.0926. The van der Waals surface area contributed by atoms with Crippen molar-refractivity contribution in [2.45, 2.75) is 32.1 Å². The number of allylic oxidation sites excluding steroid dienone is 17. The normalized spacial score (nSPS) is 15.7. The Bertz CT molecular complexity index is 1460. The van der Waals surface area contributed by atoms with Gasteiger partial charge in [-0.05, 0) is 103 Å². The lowest BCUT2D eigenvalue weighted by Crippen LogP contribution is -1.96. The average molecular weight is 832 g/mol. The van der Waals surface area contributed by atoms with Gasteiger partial charge in [0.15, 0.2) is 5.78 Å². The predicted molar refractivity (Wildman–Crippen MR) is 254 cm³/mol. The van der Waals surface area contributed by atoms with Gasteiger partial charge < -0.3 is 21.1 Å². The molecule has 0 fully saturated rings. The fraction of sp³-hybridized carbons (Fsp3) is 0.222. The number of hydrazone groups is 1. The molecule has 7 heterocycles. The molecular formula is C45H57N11OS2. The van der Waals surface area contributed by atoms with Crippen molar-refractivity contribution in [1.82, 2.24) is 31.1 Å². The highest BCUT2D eigenvalue weighted by Crippen LogP contribution is 2.01. The molecule has 3 aromatic rings. The number of thiophene rings is 1. The van der Waals surface area contributed by atoms with Crippen LogP contribution in [0.4, 0.5) is 0 Å². The highest BCUT2D eigenvalue weighted by atomic mass is 32.1. The lowest BCUT2D eigenvalue weighted by Gasteiger charge is -1.78. The second kappa shape index (κ2) is 41.1. The Morgan fingerprint density at radius 3 is 1.47 bits per heavy atom. The molecule has 0 amide bonds. The van der Waals surface area contributed by atoms with E-state index in [0.717, 1.165) is 49.6 Å². The largest absolute Gasteiger partial charge is 0.391 e. The molecule has 11 rings (SSSR count). The molecule has 0 saturated heterocycles. The van der Waals surface area contributed by atoms with Crippen molar-refractivity contribution in [1.29, 1.82) is 5.41 Å². The van der Waals surface area contributed by atoms with E-state index in [1.165, 1.54) is 37.8 Å². The fourth-order valence-electron chi connectivity index (χ4n) is 3.72. The van der Waals surface area contributed by atoms with Crippen LogP contribution in [0.25, 0.3) is 0 Å². The highest BCUT2D eigenvalue weighted by Gasteiger charge is 1.89. The molecule has 0 bridgehead atoms. The number of H-pyrrole nitrogens is 2. The van der Waals surface area contributed by atoms with Crippen LogP contribution < -0.4 is 10.7 Å². The van der Waals surface area contributed by atoms with Crippen molar-refractivity contribution < 1.29 is 4.79 Å². The summed E-state index contributed by atoms with van der Waals surface area (Å²) in [6.45, 7) is 8.83. The quantitative estimate of drug-likeness (QED) is 0.141. The summed E-state index contributed by atoms with van der Waals surface area (Å²) >= 11 is 6.46. The van der Waals surface area contributed by atoms with Crippen molar-refractivity contribution in [3.63, 3.8) is 0 Å². The summed E-state index contributed by atoms with van der Waals surface area (Å²) in [5, 5.41) is 34.5. The SMILES string of the molecule is C1=CNCC1.C1=NCCC1.C1=NNCC1.C1CN=NC1.C=C1C=CC=C1.N=C1C=CC=C1.O=C1C=CC=C1.S=C1C=CC=C1.c1cc[nH]c1.c1ccsc1.c1cn[nH]n1. The van der Waals surface area contributed by atoms with Crippen LogP contribution in [0.15, 0.2) is 202 Å². The number of hydrogen-bond acceptors (Lipinski definition) is 12. The van der Waals surface area contributed by atoms with Crippen LogP contribution >= 0.6 is 23.6 Å². The third-order valence-corrected chi connectivity index (χ3v) is 7.44. The maximum atomic E-state index is 10.1. The van der Waals surface area contributed by atoms with Gasteiger partial charge in [0.1, 0.15) is 0 Å². The van der Waals surface area contributed by atoms with E-state index in [4.69, 9.17) is 17.6 Å². The van der Waals surface area contributed by atoms with Gasteiger partial charge in [0.2, 0.25) is 0 Å². The molecule has 3 aromatic heterocycles. The summed E-state index contributed by atoms with van der Waals surface area (Å²) in [7, 11) is 0. The van der Waals surface area contributed by atoms with Gasteiger partial charge in [-0.1, -0.05) is 97.8 Å². The Kier molecular flexibility index (Phi) is 35.2. The van der Waals surface area contributed by atoms with E-state index in [1.807, 2.05) is 127 Å². The second-order valence-electron chi connectivity index (χ2n) is 11.5. The van der Waals surface area contributed by atoms with Gasteiger partial charge in [-0.25, -0.2) is 0 Å². The molecule has 0 spiro atoms. The van der Waals surface area contributed by atoms with E-state index in [0.29, 0.717) is 5.71 Å². The molecule has 0 aromatic carbocycles. The zero-order valence-electron chi connectivity index (χ0n) is 33.5. The van der Waals surface area contributed by atoms with Crippen LogP contribution in [0.5, 0.6) is 0 Å². The molecule has 4 aliphatic carbocycles. The summed E-state index contributed by atoms with van der Waals surface area (Å²) in [5.74, 6) is 0.0926. The number of carbonyl (C=O) groups is 1. The number of azo groups is 1. The summed E-state index contributed by atoms with van der Waals surface area (Å²) < 4.78 is 0. The number of aliphatic imine (C=N–C) groups is 1. The van der Waals surface area contributed by atoms with Crippen molar-refractivity contribution >= 4 is 52.3 Å².